The van der Waals surface area contributed by atoms with Gasteiger partial charge >= 0.3 is 0 Å². The van der Waals surface area contributed by atoms with E-state index < -0.39 is 0 Å². The van der Waals surface area contributed by atoms with Gasteiger partial charge in [-0.1, -0.05) is 12.1 Å². The lowest BCUT2D eigenvalue weighted by Crippen LogP contribution is -2.32. The van der Waals surface area contributed by atoms with Gasteiger partial charge in [0, 0.05) is 23.1 Å². The molecule has 0 saturated carbocycles. The van der Waals surface area contributed by atoms with Crippen LogP contribution >= 0.6 is 0 Å². The summed E-state index contributed by atoms with van der Waals surface area (Å²) >= 11 is 0. The van der Waals surface area contributed by atoms with Gasteiger partial charge in [-0.05, 0) is 61.2 Å². The van der Waals surface area contributed by atoms with Gasteiger partial charge in [-0.25, -0.2) is 8.78 Å². The van der Waals surface area contributed by atoms with E-state index >= 15 is 0 Å². The fourth-order valence-electron chi connectivity index (χ4n) is 3.93. The Balaban J connectivity index is 1.61. The zero-order chi connectivity index (χ0) is 18.3. The molecular formula is C21H20F2N2O. The molecule has 3 nitrogen and oxygen atoms in total. The van der Waals surface area contributed by atoms with E-state index in [9.17, 15) is 13.6 Å². The van der Waals surface area contributed by atoms with Crippen LogP contribution in [0.25, 0.3) is 10.9 Å². The molecular weight excluding hydrogens is 334 g/mol. The highest BCUT2D eigenvalue weighted by molar-refractivity contribution is 5.90. The number of fused-ring (bicyclic) bond motifs is 1. The van der Waals surface area contributed by atoms with E-state index in [0.29, 0.717) is 6.54 Å². The first-order valence-electron chi connectivity index (χ1n) is 8.84. The van der Waals surface area contributed by atoms with Gasteiger partial charge in [0.15, 0.2) is 0 Å². The lowest BCUT2D eigenvalue weighted by Gasteiger charge is -2.25. The fraction of sp³-hybridized carbons (Fsp3) is 0.286. The van der Waals surface area contributed by atoms with Crippen molar-refractivity contribution in [3.63, 3.8) is 0 Å². The number of nitrogens with one attached hydrogen (secondary N) is 1. The summed E-state index contributed by atoms with van der Waals surface area (Å²) < 4.78 is 26.8. The van der Waals surface area contributed by atoms with Gasteiger partial charge in [0.05, 0.1) is 12.5 Å². The summed E-state index contributed by atoms with van der Waals surface area (Å²) in [6.45, 7) is 2.60. The molecule has 0 radical (unpaired) electrons. The molecule has 2 heterocycles. The molecule has 4 rings (SSSR count). The third kappa shape index (κ3) is 2.98. The zero-order valence-electron chi connectivity index (χ0n) is 14.6. The van der Waals surface area contributed by atoms with Crippen molar-refractivity contribution in [3.8, 4) is 0 Å². The molecule has 1 aliphatic rings. The summed E-state index contributed by atoms with van der Waals surface area (Å²) in [6, 6.07) is 10.9. The molecule has 2 aromatic carbocycles. The second-order valence-electron chi connectivity index (χ2n) is 6.89. The molecule has 0 spiro atoms. The minimum atomic E-state index is -0.310. The molecule has 5 heteroatoms. The number of H-pyrrole nitrogens is 1. The monoisotopic (exact) mass is 354 g/mol. The van der Waals surface area contributed by atoms with Gasteiger partial charge in [0.1, 0.15) is 11.6 Å². The molecule has 1 amide bonds. The number of likely N-dealkylation sites (tertiary alicyclic amines) is 1. The Morgan fingerprint density at radius 2 is 1.88 bits per heavy atom. The second kappa shape index (κ2) is 6.56. The van der Waals surface area contributed by atoms with Crippen LogP contribution in [0.3, 0.4) is 0 Å². The van der Waals surface area contributed by atoms with Crippen LogP contribution in [0, 0.1) is 18.6 Å². The topological polar surface area (TPSA) is 36.1 Å². The van der Waals surface area contributed by atoms with E-state index in [1.807, 2.05) is 11.8 Å². The standard InChI is InChI=1S/C21H20F2N2O/c1-13-17(18-11-16(23)8-9-19(18)24-13)12-21(26)25-10-2-3-20(25)14-4-6-15(22)7-5-14/h4-9,11,20,24H,2-3,10,12H2,1H3. The van der Waals surface area contributed by atoms with Gasteiger partial charge in [-0.2, -0.15) is 0 Å². The Hall–Kier alpha value is -2.69. The number of carbonyl (C=O) groups excluding carboxylic acids is 1. The summed E-state index contributed by atoms with van der Waals surface area (Å²) in [5, 5.41) is 0.758. The van der Waals surface area contributed by atoms with Crippen LogP contribution in [-0.2, 0) is 11.2 Å². The Morgan fingerprint density at radius 3 is 2.65 bits per heavy atom. The molecule has 1 aliphatic heterocycles. The largest absolute Gasteiger partial charge is 0.358 e. The van der Waals surface area contributed by atoms with Gasteiger partial charge < -0.3 is 9.88 Å². The van der Waals surface area contributed by atoms with Crippen LogP contribution in [0.15, 0.2) is 42.5 Å². The van der Waals surface area contributed by atoms with Crippen molar-refractivity contribution >= 4 is 16.8 Å². The first-order valence-corrected chi connectivity index (χ1v) is 8.84. The SMILES string of the molecule is Cc1[nH]c2ccc(F)cc2c1CC(=O)N1CCCC1c1ccc(F)cc1. The molecule has 1 aromatic heterocycles. The summed E-state index contributed by atoms with van der Waals surface area (Å²) in [6.07, 6.45) is 2.03. The third-order valence-electron chi connectivity index (χ3n) is 5.24. The number of rotatable bonds is 3. The maximum Gasteiger partial charge on any atom is 0.227 e. The smallest absolute Gasteiger partial charge is 0.227 e. The van der Waals surface area contributed by atoms with Crippen molar-refractivity contribution in [3.05, 3.63) is 70.9 Å². The summed E-state index contributed by atoms with van der Waals surface area (Å²) in [7, 11) is 0. The number of aromatic nitrogens is 1. The predicted octanol–water partition coefficient (Wildman–Crippen LogP) is 4.66. The first-order chi connectivity index (χ1) is 12.5. The first kappa shape index (κ1) is 16.8. The number of aromatic amines is 1. The summed E-state index contributed by atoms with van der Waals surface area (Å²) in [4.78, 5) is 18.1. The molecule has 26 heavy (non-hydrogen) atoms. The molecule has 0 aliphatic carbocycles. The minimum Gasteiger partial charge on any atom is -0.358 e. The number of amides is 1. The highest BCUT2D eigenvalue weighted by Gasteiger charge is 2.30. The van der Waals surface area contributed by atoms with Gasteiger partial charge in [-0.15, -0.1) is 0 Å². The number of hydrogen-bond donors (Lipinski definition) is 1. The third-order valence-corrected chi connectivity index (χ3v) is 5.24. The average molecular weight is 354 g/mol. The minimum absolute atomic E-state index is 0.0186. The summed E-state index contributed by atoms with van der Waals surface area (Å²) in [5.74, 6) is -0.568. The fourth-order valence-corrected chi connectivity index (χ4v) is 3.93. The predicted molar refractivity (Wildman–Crippen MR) is 96.8 cm³/mol. The molecule has 1 N–H and O–H groups in total. The molecule has 1 fully saturated rings. The van der Waals surface area contributed by atoms with Crippen LogP contribution in [0.5, 0.6) is 0 Å². The highest BCUT2D eigenvalue weighted by atomic mass is 19.1. The number of hydrogen-bond acceptors (Lipinski definition) is 1. The van der Waals surface area contributed by atoms with Crippen LogP contribution < -0.4 is 0 Å². The molecule has 134 valence electrons. The van der Waals surface area contributed by atoms with Gasteiger partial charge in [0.2, 0.25) is 5.91 Å². The Kier molecular flexibility index (Phi) is 4.23. The molecule has 3 aromatic rings. The lowest BCUT2D eigenvalue weighted by atomic mass is 10.0. The van der Waals surface area contributed by atoms with Crippen LogP contribution in [-0.4, -0.2) is 22.3 Å². The van der Waals surface area contributed by atoms with Crippen LogP contribution in [0.4, 0.5) is 8.78 Å². The van der Waals surface area contributed by atoms with Crippen molar-refractivity contribution in [2.24, 2.45) is 0 Å². The average Bonchev–Trinajstić information content (AvgIpc) is 3.21. The van der Waals surface area contributed by atoms with Crippen molar-refractivity contribution in [2.45, 2.75) is 32.2 Å². The molecule has 0 bridgehead atoms. The normalized spacial score (nSPS) is 17.2. The quantitative estimate of drug-likeness (QED) is 0.729. The van der Waals surface area contributed by atoms with E-state index in [2.05, 4.69) is 4.98 Å². The molecule has 1 atom stereocenters. The van der Waals surface area contributed by atoms with E-state index in [1.54, 1.807) is 18.2 Å². The van der Waals surface area contributed by atoms with Crippen molar-refractivity contribution < 1.29 is 13.6 Å². The Labute approximate surface area is 150 Å². The van der Waals surface area contributed by atoms with Crippen molar-refractivity contribution in [2.75, 3.05) is 6.54 Å². The van der Waals surface area contributed by atoms with Crippen molar-refractivity contribution in [1.29, 1.82) is 0 Å². The van der Waals surface area contributed by atoms with E-state index in [0.717, 1.165) is 40.6 Å². The lowest BCUT2D eigenvalue weighted by molar-refractivity contribution is -0.131. The van der Waals surface area contributed by atoms with E-state index in [-0.39, 0.29) is 30.0 Å². The number of aryl methyl sites for hydroxylation is 1. The number of benzene rings is 2. The van der Waals surface area contributed by atoms with Crippen molar-refractivity contribution in [1.82, 2.24) is 9.88 Å². The maximum atomic E-state index is 13.6. The number of halogens is 2. The maximum absolute atomic E-state index is 13.6. The Morgan fingerprint density at radius 1 is 1.15 bits per heavy atom. The number of nitrogens with zero attached hydrogens (tertiary/aromatic N) is 1. The van der Waals surface area contributed by atoms with E-state index in [1.165, 1.54) is 24.3 Å². The number of carbonyl (C=O) groups is 1. The second-order valence-corrected chi connectivity index (χ2v) is 6.89. The van der Waals surface area contributed by atoms with Gasteiger partial charge in [-0.3, -0.25) is 4.79 Å². The van der Waals surface area contributed by atoms with Crippen LogP contribution in [0.2, 0.25) is 0 Å². The molecule has 1 unspecified atom stereocenters. The molecule has 1 saturated heterocycles. The van der Waals surface area contributed by atoms with Gasteiger partial charge in [0.25, 0.3) is 0 Å². The van der Waals surface area contributed by atoms with Crippen LogP contribution in [0.1, 0.15) is 35.7 Å². The van der Waals surface area contributed by atoms with E-state index in [4.69, 9.17) is 0 Å². The summed E-state index contributed by atoms with van der Waals surface area (Å²) in [5.41, 5.74) is 3.52. The highest BCUT2D eigenvalue weighted by Crippen LogP contribution is 2.33. The Bertz CT molecular complexity index is 962. The zero-order valence-corrected chi connectivity index (χ0v) is 14.6.